The molecule has 1 N–H and O–H groups in total. The van der Waals surface area contributed by atoms with Gasteiger partial charge in [0.1, 0.15) is 11.6 Å². The summed E-state index contributed by atoms with van der Waals surface area (Å²) in [6, 6.07) is 7.74. The molecular formula is C22H24N6O. The second-order valence-corrected chi connectivity index (χ2v) is 7.30. The molecule has 0 spiro atoms. The summed E-state index contributed by atoms with van der Waals surface area (Å²) in [5.74, 6) is 2.03. The molecule has 1 atom stereocenters. The maximum Gasteiger partial charge on any atom is 0.255 e. The molecule has 3 aromatic rings. The Kier molecular flexibility index (Phi) is 6.04. The number of carbonyl (C=O) groups excluding carboxylic acids is 1. The molecule has 7 heteroatoms. The fourth-order valence-corrected chi connectivity index (χ4v) is 3.72. The first kappa shape index (κ1) is 19.0. The van der Waals surface area contributed by atoms with Gasteiger partial charge in [-0.25, -0.2) is 9.97 Å². The molecule has 1 aliphatic rings. The molecule has 148 valence electrons. The van der Waals surface area contributed by atoms with Gasteiger partial charge in [0.05, 0.1) is 11.8 Å². The molecule has 4 heterocycles. The molecule has 1 aliphatic heterocycles. The van der Waals surface area contributed by atoms with Gasteiger partial charge in [-0.05, 0) is 61.4 Å². The number of carbonyl (C=O) groups is 1. The van der Waals surface area contributed by atoms with E-state index in [-0.39, 0.29) is 5.91 Å². The molecule has 1 amide bonds. The average Bonchev–Trinajstić information content (AvgIpc) is 2.79. The zero-order chi connectivity index (χ0) is 19.9. The molecule has 29 heavy (non-hydrogen) atoms. The topological polar surface area (TPSA) is 83.9 Å². The zero-order valence-electron chi connectivity index (χ0n) is 16.2. The van der Waals surface area contributed by atoms with E-state index < -0.39 is 0 Å². The van der Waals surface area contributed by atoms with E-state index in [9.17, 15) is 4.79 Å². The summed E-state index contributed by atoms with van der Waals surface area (Å²) in [5, 5.41) is 3.18. The van der Waals surface area contributed by atoms with Gasteiger partial charge in [0, 0.05) is 44.1 Å². The zero-order valence-corrected chi connectivity index (χ0v) is 16.2. The molecule has 7 nitrogen and oxygen atoms in total. The van der Waals surface area contributed by atoms with Crippen molar-refractivity contribution in [2.75, 3.05) is 18.4 Å². The largest absolute Gasteiger partial charge is 0.338 e. The molecule has 0 bridgehead atoms. The maximum absolute atomic E-state index is 12.7. The lowest BCUT2D eigenvalue weighted by Gasteiger charge is -2.33. The van der Waals surface area contributed by atoms with Gasteiger partial charge in [0.25, 0.3) is 5.91 Å². The maximum atomic E-state index is 12.7. The van der Waals surface area contributed by atoms with Gasteiger partial charge < -0.3 is 10.2 Å². The summed E-state index contributed by atoms with van der Waals surface area (Å²) < 4.78 is 0. The Balaban J connectivity index is 1.33. The first-order valence-electron chi connectivity index (χ1n) is 9.95. The number of nitrogens with zero attached hydrogens (tertiary/aromatic N) is 5. The minimum absolute atomic E-state index is 0.0853. The minimum Gasteiger partial charge on any atom is -0.338 e. The minimum atomic E-state index is 0.0853. The van der Waals surface area contributed by atoms with Crippen molar-refractivity contribution in [2.24, 2.45) is 5.92 Å². The number of likely N-dealkylation sites (tertiary alicyclic amines) is 1. The first-order valence-corrected chi connectivity index (χ1v) is 9.95. The molecular weight excluding hydrogens is 364 g/mol. The fraction of sp³-hybridized carbons (Fsp3) is 0.318. The van der Waals surface area contributed by atoms with Crippen molar-refractivity contribution < 1.29 is 4.79 Å². The van der Waals surface area contributed by atoms with Crippen LogP contribution in [0.3, 0.4) is 0 Å². The third-order valence-corrected chi connectivity index (χ3v) is 5.20. The lowest BCUT2D eigenvalue weighted by molar-refractivity contribution is 0.0668. The lowest BCUT2D eigenvalue weighted by atomic mass is 9.91. The number of aryl methyl sites for hydroxylation is 1. The van der Waals surface area contributed by atoms with Gasteiger partial charge >= 0.3 is 0 Å². The molecule has 1 saturated heterocycles. The molecule has 1 fully saturated rings. The lowest BCUT2D eigenvalue weighted by Crippen LogP contribution is -2.40. The molecule has 0 aromatic carbocycles. The van der Waals surface area contributed by atoms with E-state index in [2.05, 4.69) is 31.3 Å². The van der Waals surface area contributed by atoms with Crippen molar-refractivity contribution in [3.8, 4) is 0 Å². The Bertz CT molecular complexity index is 934. The summed E-state index contributed by atoms with van der Waals surface area (Å²) in [4.78, 5) is 31.4. The SMILES string of the molecule is O=C(c1cccnc1)N1CCC[C@H](CCc2ccnc(Nc3cnccn3)c2)C1. The van der Waals surface area contributed by atoms with Crippen LogP contribution < -0.4 is 5.32 Å². The van der Waals surface area contributed by atoms with E-state index in [1.165, 1.54) is 5.56 Å². The number of anilines is 2. The van der Waals surface area contributed by atoms with Crippen molar-refractivity contribution in [3.63, 3.8) is 0 Å². The van der Waals surface area contributed by atoms with Crippen molar-refractivity contribution in [1.82, 2.24) is 24.8 Å². The molecule has 0 saturated carbocycles. The third kappa shape index (κ3) is 5.13. The van der Waals surface area contributed by atoms with Crippen LogP contribution in [0.5, 0.6) is 0 Å². The summed E-state index contributed by atoms with van der Waals surface area (Å²) in [5.41, 5.74) is 1.89. The smallest absolute Gasteiger partial charge is 0.255 e. The summed E-state index contributed by atoms with van der Waals surface area (Å²) in [7, 11) is 0. The van der Waals surface area contributed by atoms with E-state index in [4.69, 9.17) is 0 Å². The van der Waals surface area contributed by atoms with Gasteiger partial charge in [-0.1, -0.05) is 0 Å². The van der Waals surface area contributed by atoms with Crippen LogP contribution in [-0.4, -0.2) is 43.8 Å². The van der Waals surface area contributed by atoms with Crippen LogP contribution in [-0.2, 0) is 6.42 Å². The number of rotatable bonds is 6. The second-order valence-electron chi connectivity index (χ2n) is 7.30. The molecule has 0 radical (unpaired) electrons. The Morgan fingerprint density at radius 2 is 1.97 bits per heavy atom. The van der Waals surface area contributed by atoms with E-state index in [0.717, 1.165) is 44.6 Å². The monoisotopic (exact) mass is 388 g/mol. The molecule has 3 aromatic heterocycles. The van der Waals surface area contributed by atoms with Crippen LogP contribution in [0.2, 0.25) is 0 Å². The van der Waals surface area contributed by atoms with Crippen molar-refractivity contribution in [1.29, 1.82) is 0 Å². The quantitative estimate of drug-likeness (QED) is 0.696. The Labute approximate surface area is 170 Å². The van der Waals surface area contributed by atoms with Gasteiger partial charge in [-0.3, -0.25) is 14.8 Å². The van der Waals surface area contributed by atoms with Crippen molar-refractivity contribution in [2.45, 2.75) is 25.7 Å². The second kappa shape index (κ2) is 9.23. The summed E-state index contributed by atoms with van der Waals surface area (Å²) >= 11 is 0. The summed E-state index contributed by atoms with van der Waals surface area (Å²) in [6.45, 7) is 1.63. The molecule has 0 aliphatic carbocycles. The van der Waals surface area contributed by atoms with E-state index >= 15 is 0 Å². The van der Waals surface area contributed by atoms with Gasteiger partial charge in [-0.2, -0.15) is 0 Å². The predicted molar refractivity (Wildman–Crippen MR) is 111 cm³/mol. The predicted octanol–water partition coefficient (Wildman–Crippen LogP) is 3.50. The van der Waals surface area contributed by atoms with Gasteiger partial charge in [0.2, 0.25) is 0 Å². The number of piperidine rings is 1. The third-order valence-electron chi connectivity index (χ3n) is 5.20. The first-order chi connectivity index (χ1) is 14.3. The van der Waals surface area contributed by atoms with E-state index in [0.29, 0.717) is 17.3 Å². The van der Waals surface area contributed by atoms with Crippen LogP contribution in [0.4, 0.5) is 11.6 Å². The van der Waals surface area contributed by atoms with Crippen LogP contribution >= 0.6 is 0 Å². The van der Waals surface area contributed by atoms with Gasteiger partial charge in [0.15, 0.2) is 0 Å². The average molecular weight is 388 g/mol. The normalized spacial score (nSPS) is 16.4. The number of amides is 1. The number of hydrogen-bond acceptors (Lipinski definition) is 6. The Morgan fingerprint density at radius 3 is 2.79 bits per heavy atom. The Hall–Kier alpha value is -3.35. The van der Waals surface area contributed by atoms with Crippen LogP contribution in [0, 0.1) is 5.92 Å². The van der Waals surface area contributed by atoms with Crippen molar-refractivity contribution >= 4 is 17.5 Å². The highest BCUT2D eigenvalue weighted by atomic mass is 16.2. The van der Waals surface area contributed by atoms with Crippen molar-refractivity contribution in [3.05, 3.63) is 72.6 Å². The van der Waals surface area contributed by atoms with E-state index in [1.54, 1.807) is 31.0 Å². The molecule has 0 unspecified atom stereocenters. The molecule has 4 rings (SSSR count). The van der Waals surface area contributed by atoms with E-state index in [1.807, 2.05) is 29.3 Å². The summed E-state index contributed by atoms with van der Waals surface area (Å²) in [6.07, 6.45) is 14.3. The number of nitrogens with one attached hydrogen (secondary N) is 1. The Morgan fingerprint density at radius 1 is 1.07 bits per heavy atom. The highest BCUT2D eigenvalue weighted by molar-refractivity contribution is 5.93. The van der Waals surface area contributed by atoms with Crippen LogP contribution in [0.1, 0.15) is 35.2 Å². The number of aromatic nitrogens is 4. The van der Waals surface area contributed by atoms with Gasteiger partial charge in [-0.15, -0.1) is 0 Å². The number of hydrogen-bond donors (Lipinski definition) is 1. The fourth-order valence-electron chi connectivity index (χ4n) is 3.72. The van der Waals surface area contributed by atoms with Crippen LogP contribution in [0.15, 0.2) is 61.4 Å². The highest BCUT2D eigenvalue weighted by Crippen LogP contribution is 2.23. The number of pyridine rings is 2. The highest BCUT2D eigenvalue weighted by Gasteiger charge is 2.24. The van der Waals surface area contributed by atoms with Crippen LogP contribution in [0.25, 0.3) is 0 Å². The standard InChI is InChI=1S/C22H24N6O/c29-22(19-4-1-8-23-14-19)28-12-2-3-18(16-28)6-5-17-7-9-25-20(13-17)27-21-15-24-10-11-26-21/h1,4,7-11,13-15,18H,2-3,5-6,12,16H2,(H,25,26,27)/t18-/m1/s1.